The van der Waals surface area contributed by atoms with Gasteiger partial charge in [-0.05, 0) is 59.4 Å². The first-order valence-electron chi connectivity index (χ1n) is 17.3. The van der Waals surface area contributed by atoms with Crippen LogP contribution < -0.4 is 24.8 Å². The molecule has 2 nitrogen and oxygen atoms in total. The van der Waals surface area contributed by atoms with E-state index in [1.165, 1.54) is 54.9 Å². The van der Waals surface area contributed by atoms with Gasteiger partial charge in [0.25, 0.3) is 0 Å². The number of hydrogen-bond acceptors (Lipinski definition) is 2. The molecule has 8 aromatic rings. The molecule has 0 spiro atoms. The fraction of sp³-hybridized carbons (Fsp3) is 0.174. The van der Waals surface area contributed by atoms with Gasteiger partial charge in [-0.3, -0.25) is 0 Å². The summed E-state index contributed by atoms with van der Waals surface area (Å²) in [6.45, 7) is 8.60. The molecule has 256 valence electrons. The molecule has 51 heavy (non-hydrogen) atoms. The number of hydrogen-bond donors (Lipinski definition) is 0. The van der Waals surface area contributed by atoms with Gasteiger partial charge < -0.3 is 33.6 Å². The van der Waals surface area contributed by atoms with Crippen molar-refractivity contribution in [1.29, 1.82) is 0 Å². The average molecular weight is 789 g/mol. The summed E-state index contributed by atoms with van der Waals surface area (Å²) in [5.41, 5.74) is 10.2. The van der Waals surface area contributed by atoms with Crippen molar-refractivity contribution < 1.29 is 59.9 Å². The van der Waals surface area contributed by atoms with E-state index < -0.39 is 0 Å². The summed E-state index contributed by atoms with van der Waals surface area (Å²) < 4.78 is 11.8. The van der Waals surface area contributed by atoms with Gasteiger partial charge in [0, 0.05) is 12.8 Å². The molecule has 2 aromatic heterocycles. The zero-order valence-electron chi connectivity index (χ0n) is 29.6. The van der Waals surface area contributed by atoms with Gasteiger partial charge in [-0.25, -0.2) is 0 Å². The summed E-state index contributed by atoms with van der Waals surface area (Å²) in [7, 11) is 0. The van der Waals surface area contributed by atoms with Crippen molar-refractivity contribution in [3.8, 4) is 44.9 Å². The van der Waals surface area contributed by atoms with Crippen LogP contribution in [0, 0.1) is 0 Å². The summed E-state index contributed by atoms with van der Waals surface area (Å²) in [6.07, 6.45) is 4.00. The summed E-state index contributed by atoms with van der Waals surface area (Å²) in [6, 6.07) is 48.0. The predicted octanol–water partition coefficient (Wildman–Crippen LogP) is 7.23. The van der Waals surface area contributed by atoms with E-state index in [9.17, 15) is 0 Å². The number of halogens is 2. The van der Waals surface area contributed by atoms with Gasteiger partial charge >= 0.3 is 26.2 Å². The minimum atomic E-state index is 0. The van der Waals surface area contributed by atoms with Gasteiger partial charge in [0.1, 0.15) is 0 Å². The number of benzene rings is 4. The Labute approximate surface area is 333 Å². The topological polar surface area (TPSA) is 26.3 Å². The Kier molecular flexibility index (Phi) is 14.1. The van der Waals surface area contributed by atoms with E-state index >= 15 is 0 Å². The van der Waals surface area contributed by atoms with Crippen LogP contribution in [-0.4, -0.2) is 0 Å². The molecule has 0 N–H and O–H groups in total. The van der Waals surface area contributed by atoms with Crippen LogP contribution in [0.5, 0.6) is 0 Å². The van der Waals surface area contributed by atoms with Crippen molar-refractivity contribution >= 4 is 21.5 Å². The third-order valence-corrected chi connectivity index (χ3v) is 9.44. The first-order chi connectivity index (χ1) is 23.6. The maximum Gasteiger partial charge on any atom is 4.00 e. The van der Waals surface area contributed by atoms with Crippen LogP contribution in [0.2, 0.25) is 0 Å². The van der Waals surface area contributed by atoms with Crippen molar-refractivity contribution in [1.82, 2.24) is 0 Å². The molecule has 8 rings (SSSR count). The van der Waals surface area contributed by atoms with E-state index in [0.29, 0.717) is 0 Å². The van der Waals surface area contributed by atoms with Gasteiger partial charge in [-0.15, -0.1) is 57.9 Å². The molecule has 0 unspecified atom stereocenters. The number of fused-ring (bicyclic) bond motifs is 2. The van der Waals surface area contributed by atoms with Crippen LogP contribution in [0.25, 0.3) is 66.4 Å². The molecular weight excluding hydrogens is 747 g/mol. The third-order valence-electron chi connectivity index (χ3n) is 9.44. The van der Waals surface area contributed by atoms with E-state index in [1.54, 1.807) is 0 Å². The maximum atomic E-state index is 5.92. The number of furan rings is 2. The average Bonchev–Trinajstić information content (AvgIpc) is 3.97. The molecule has 2 heterocycles. The molecule has 0 fully saturated rings. The van der Waals surface area contributed by atoms with Gasteiger partial charge in [0.2, 0.25) is 0 Å². The Morgan fingerprint density at radius 3 is 1.18 bits per heavy atom. The Morgan fingerprint density at radius 2 is 0.843 bits per heavy atom. The Hall–Kier alpha value is -3.88. The summed E-state index contributed by atoms with van der Waals surface area (Å²) in [5.74, 6) is 3.97. The number of rotatable bonds is 8. The van der Waals surface area contributed by atoms with E-state index in [1.807, 2.05) is 0 Å². The van der Waals surface area contributed by atoms with E-state index in [4.69, 9.17) is 8.83 Å². The van der Waals surface area contributed by atoms with E-state index in [0.717, 1.165) is 59.9 Å². The van der Waals surface area contributed by atoms with E-state index in [-0.39, 0.29) is 51.0 Å². The molecule has 0 saturated heterocycles. The van der Waals surface area contributed by atoms with Gasteiger partial charge in [0.15, 0.2) is 0 Å². The normalized spacial score (nSPS) is 10.6. The second-order valence-corrected chi connectivity index (χ2v) is 12.4. The van der Waals surface area contributed by atoms with Crippen molar-refractivity contribution in [2.45, 2.75) is 53.4 Å². The standard InChI is InChI=1S/2C23H21O.2ClH.Zr/c2*1-3-16-8-10-17(11-9-16)21-7-5-6-18-14-19(15-22(18)21)23-13-12-20(4-2)24-23;;;/h2*5-15H,3-4H2,1-2H3;2*1H;/q2*-1;;;+4/p-2. The largest absolute Gasteiger partial charge is 4.00 e. The molecule has 0 aliphatic heterocycles. The quantitative estimate of drug-likeness (QED) is 0.152. The maximum absolute atomic E-state index is 5.92. The summed E-state index contributed by atoms with van der Waals surface area (Å²) in [4.78, 5) is 0. The Morgan fingerprint density at radius 1 is 0.451 bits per heavy atom. The molecular formula is C46H42Cl2O2Zr. The molecule has 0 saturated carbocycles. The van der Waals surface area contributed by atoms with Crippen molar-refractivity contribution in [2.75, 3.05) is 0 Å². The minimum absolute atomic E-state index is 0. The van der Waals surface area contributed by atoms with Gasteiger partial charge in [-0.1, -0.05) is 123 Å². The second kappa shape index (κ2) is 18.1. The fourth-order valence-corrected chi connectivity index (χ4v) is 6.54. The molecule has 0 bridgehead atoms. The second-order valence-electron chi connectivity index (χ2n) is 12.4. The zero-order valence-corrected chi connectivity index (χ0v) is 33.6. The summed E-state index contributed by atoms with van der Waals surface area (Å²) >= 11 is 0. The summed E-state index contributed by atoms with van der Waals surface area (Å²) in [5, 5.41) is 5.09. The molecule has 0 radical (unpaired) electrons. The monoisotopic (exact) mass is 786 g/mol. The Balaban J connectivity index is 0.000000216. The number of aryl methyl sites for hydroxylation is 4. The first kappa shape index (κ1) is 39.9. The smallest absolute Gasteiger partial charge is 1.00 e. The van der Waals surface area contributed by atoms with E-state index in [2.05, 4.69) is 161 Å². The van der Waals surface area contributed by atoms with Crippen molar-refractivity contribution in [3.05, 3.63) is 156 Å². The van der Waals surface area contributed by atoms with Crippen LogP contribution >= 0.6 is 0 Å². The van der Waals surface area contributed by atoms with Crippen molar-refractivity contribution in [3.63, 3.8) is 0 Å². The SMILES string of the molecule is CCc1ccc(-c2cccc3[cH-]c(-c4ccc(CC)o4)cc23)cc1.CCc1ccc(-c2cccc3[cH-]c(-c4ccc(CC)o4)cc23)cc1.[Cl-].[Cl-].[Zr+4]. The fourth-order valence-electron chi connectivity index (χ4n) is 6.54. The first-order valence-corrected chi connectivity index (χ1v) is 17.3. The van der Waals surface area contributed by atoms with Crippen LogP contribution in [0.1, 0.15) is 50.3 Å². The van der Waals surface area contributed by atoms with Gasteiger partial charge in [-0.2, -0.15) is 0 Å². The van der Waals surface area contributed by atoms with Crippen LogP contribution in [0.15, 0.2) is 142 Å². The minimum Gasteiger partial charge on any atom is -1.00 e. The molecule has 0 amide bonds. The molecule has 6 aromatic carbocycles. The van der Waals surface area contributed by atoms with Crippen LogP contribution in [0.4, 0.5) is 0 Å². The van der Waals surface area contributed by atoms with Crippen LogP contribution in [0.3, 0.4) is 0 Å². The van der Waals surface area contributed by atoms with Gasteiger partial charge in [0.05, 0.1) is 23.0 Å². The molecule has 0 atom stereocenters. The molecule has 0 aliphatic carbocycles. The van der Waals surface area contributed by atoms with Crippen LogP contribution in [-0.2, 0) is 51.9 Å². The Bertz CT molecular complexity index is 2120. The zero-order chi connectivity index (χ0) is 33.0. The third kappa shape index (κ3) is 8.61. The molecule has 5 heteroatoms. The molecule has 0 aliphatic rings. The van der Waals surface area contributed by atoms with Crippen molar-refractivity contribution in [2.24, 2.45) is 0 Å². The predicted molar refractivity (Wildman–Crippen MR) is 203 cm³/mol.